The second-order valence-corrected chi connectivity index (χ2v) is 14.1. The lowest BCUT2D eigenvalue weighted by Crippen LogP contribution is -2.06. The van der Waals surface area contributed by atoms with Gasteiger partial charge < -0.3 is 4.42 Å². The molecule has 3 aromatic heterocycles. The molecule has 8 aromatic carbocycles. The lowest BCUT2D eigenvalue weighted by atomic mass is 9.98. The van der Waals surface area contributed by atoms with Crippen molar-refractivity contribution in [1.82, 2.24) is 14.5 Å². The highest BCUT2D eigenvalue weighted by atomic mass is 16.3. The first kappa shape index (κ1) is 28.6. The maximum atomic E-state index is 7.18. The molecule has 0 spiro atoms. The molecule has 0 saturated carbocycles. The van der Waals surface area contributed by atoms with Crippen LogP contribution >= 0.6 is 0 Å². The zero-order valence-corrected chi connectivity index (χ0v) is 28.5. The predicted molar refractivity (Wildman–Crippen MR) is 218 cm³/mol. The Morgan fingerprint density at radius 2 is 1.17 bits per heavy atom. The van der Waals surface area contributed by atoms with Crippen LogP contribution in [0.4, 0.5) is 0 Å². The van der Waals surface area contributed by atoms with Crippen molar-refractivity contribution >= 4 is 65.3 Å². The van der Waals surface area contributed by atoms with Crippen LogP contribution < -0.4 is 0 Å². The topological polar surface area (TPSA) is 43.9 Å². The molecule has 12 rings (SSSR count). The number of furan rings is 1. The average Bonchev–Trinajstić information content (AvgIpc) is 3.91. The van der Waals surface area contributed by atoms with E-state index in [1.807, 2.05) is 0 Å². The van der Waals surface area contributed by atoms with Gasteiger partial charge in [-0.05, 0) is 51.0 Å². The average molecular weight is 676 g/mol. The smallest absolute Gasteiger partial charge is 0.164 e. The van der Waals surface area contributed by atoms with Crippen LogP contribution in [0, 0.1) is 0 Å². The van der Waals surface area contributed by atoms with Crippen molar-refractivity contribution < 1.29 is 4.42 Å². The van der Waals surface area contributed by atoms with Crippen molar-refractivity contribution in [1.29, 1.82) is 0 Å². The van der Waals surface area contributed by atoms with Crippen molar-refractivity contribution in [2.45, 2.75) is 6.42 Å². The summed E-state index contributed by atoms with van der Waals surface area (Å²) < 4.78 is 9.51. The summed E-state index contributed by atoms with van der Waals surface area (Å²) in [4.78, 5) is 11.2. The molecule has 0 aliphatic heterocycles. The van der Waals surface area contributed by atoms with Crippen LogP contribution in [0.25, 0.3) is 105 Å². The fourth-order valence-electron chi connectivity index (χ4n) is 8.84. The van der Waals surface area contributed by atoms with E-state index in [1.165, 1.54) is 16.3 Å². The molecular formula is C49H29N3O. The van der Waals surface area contributed by atoms with E-state index in [0.29, 0.717) is 0 Å². The monoisotopic (exact) mass is 675 g/mol. The summed E-state index contributed by atoms with van der Waals surface area (Å²) in [5, 5.41) is 9.17. The van der Waals surface area contributed by atoms with E-state index in [0.717, 1.165) is 106 Å². The molecule has 0 N–H and O–H groups in total. The number of benzene rings is 8. The standard InChI is InChI=1S/C49H29N3O/c1-2-13-29(14-3-1)31-17-12-18-33(27-31)44-49(50-40-28-32-16-5-6-19-34(32)45(40)51-44)52-41-24-11-10-23-38(41)42-36-21-8-9-22-37(36)43-39-26-25-30-15-4-7-20-35(30)47(39)53-48(43)46(42)52/h1-27H,28H2. The molecule has 11 aromatic rings. The van der Waals surface area contributed by atoms with Gasteiger partial charge in [0.2, 0.25) is 0 Å². The van der Waals surface area contributed by atoms with Crippen molar-refractivity contribution in [3.05, 3.63) is 175 Å². The SMILES string of the molecule is c1ccc(-c2cccc(-c3nc4c(nc3-n3c5ccccc5c5c6ccccc6c6c7ccc8ccccc8c7oc6c53)Cc3ccccc3-4)c2)cc1. The summed E-state index contributed by atoms with van der Waals surface area (Å²) in [5.41, 5.74) is 12.3. The molecule has 0 fully saturated rings. The van der Waals surface area contributed by atoms with E-state index in [1.54, 1.807) is 0 Å². The number of nitrogens with zero attached hydrogens (tertiary/aromatic N) is 3. The molecule has 53 heavy (non-hydrogen) atoms. The molecule has 1 aliphatic rings. The van der Waals surface area contributed by atoms with Crippen LogP contribution in [0.2, 0.25) is 0 Å². The maximum Gasteiger partial charge on any atom is 0.164 e. The lowest BCUT2D eigenvalue weighted by Gasteiger charge is -2.16. The van der Waals surface area contributed by atoms with E-state index >= 15 is 0 Å². The van der Waals surface area contributed by atoms with Crippen molar-refractivity contribution in [2.75, 3.05) is 0 Å². The molecule has 0 atom stereocenters. The van der Waals surface area contributed by atoms with Crippen molar-refractivity contribution in [3.8, 4) is 39.5 Å². The fraction of sp³-hybridized carbons (Fsp3) is 0.0204. The van der Waals surface area contributed by atoms with E-state index < -0.39 is 0 Å². The van der Waals surface area contributed by atoms with Gasteiger partial charge in [-0.1, -0.05) is 146 Å². The van der Waals surface area contributed by atoms with Crippen LogP contribution in [0.5, 0.6) is 0 Å². The highest BCUT2D eigenvalue weighted by Crippen LogP contribution is 2.48. The fourth-order valence-corrected chi connectivity index (χ4v) is 8.84. The zero-order chi connectivity index (χ0) is 34.6. The van der Waals surface area contributed by atoms with Crippen molar-refractivity contribution in [2.24, 2.45) is 0 Å². The van der Waals surface area contributed by atoms with Gasteiger partial charge in [-0.3, -0.25) is 4.57 Å². The molecule has 4 nitrogen and oxygen atoms in total. The number of fused-ring (bicyclic) bond motifs is 15. The Labute approximate surface area is 304 Å². The van der Waals surface area contributed by atoms with Gasteiger partial charge in [0.05, 0.1) is 22.4 Å². The van der Waals surface area contributed by atoms with Gasteiger partial charge in [0.15, 0.2) is 11.4 Å². The Bertz CT molecular complexity index is 3320. The Morgan fingerprint density at radius 1 is 0.472 bits per heavy atom. The predicted octanol–water partition coefficient (Wildman–Crippen LogP) is 12.7. The first-order chi connectivity index (χ1) is 26.3. The molecule has 0 amide bonds. The second kappa shape index (κ2) is 10.7. The van der Waals surface area contributed by atoms with E-state index in [-0.39, 0.29) is 0 Å². The lowest BCUT2D eigenvalue weighted by molar-refractivity contribution is 0.675. The van der Waals surface area contributed by atoms with Crippen LogP contribution in [0.1, 0.15) is 11.3 Å². The first-order valence-corrected chi connectivity index (χ1v) is 18.1. The Kier molecular flexibility index (Phi) is 5.80. The molecule has 3 heterocycles. The quantitative estimate of drug-likeness (QED) is 0.187. The maximum absolute atomic E-state index is 7.18. The van der Waals surface area contributed by atoms with Crippen LogP contribution in [0.3, 0.4) is 0 Å². The van der Waals surface area contributed by atoms with E-state index in [9.17, 15) is 0 Å². The highest BCUT2D eigenvalue weighted by Gasteiger charge is 2.29. The minimum Gasteiger partial charge on any atom is -0.453 e. The normalized spacial score (nSPS) is 12.5. The molecule has 0 bridgehead atoms. The van der Waals surface area contributed by atoms with Crippen molar-refractivity contribution in [3.63, 3.8) is 0 Å². The highest BCUT2D eigenvalue weighted by molar-refractivity contribution is 6.36. The molecule has 4 heteroatoms. The van der Waals surface area contributed by atoms with Gasteiger partial charge in [-0.2, -0.15) is 0 Å². The van der Waals surface area contributed by atoms with Crippen LogP contribution in [0.15, 0.2) is 168 Å². The molecule has 1 aliphatic carbocycles. The molecule has 0 unspecified atom stereocenters. The summed E-state index contributed by atoms with van der Waals surface area (Å²) in [6.07, 6.45) is 0.738. The summed E-state index contributed by atoms with van der Waals surface area (Å²) in [5.74, 6) is 0.801. The minimum atomic E-state index is 0.738. The zero-order valence-electron chi connectivity index (χ0n) is 28.5. The molecule has 0 saturated heterocycles. The number of hydrogen-bond acceptors (Lipinski definition) is 3. The summed E-state index contributed by atoms with van der Waals surface area (Å²) in [6.45, 7) is 0. The first-order valence-electron chi connectivity index (χ1n) is 18.1. The van der Waals surface area contributed by atoms with Gasteiger partial charge >= 0.3 is 0 Å². The summed E-state index contributed by atoms with van der Waals surface area (Å²) in [6, 6.07) is 58.2. The largest absolute Gasteiger partial charge is 0.453 e. The van der Waals surface area contributed by atoms with Crippen LogP contribution in [-0.4, -0.2) is 14.5 Å². The van der Waals surface area contributed by atoms with Gasteiger partial charge in [-0.15, -0.1) is 0 Å². The Balaban J connectivity index is 1.27. The van der Waals surface area contributed by atoms with Gasteiger partial charge in [0.25, 0.3) is 0 Å². The third-order valence-electron chi connectivity index (χ3n) is 11.2. The van der Waals surface area contributed by atoms with Crippen LogP contribution in [-0.2, 0) is 6.42 Å². The third-order valence-corrected chi connectivity index (χ3v) is 11.2. The summed E-state index contributed by atoms with van der Waals surface area (Å²) >= 11 is 0. The molecular weight excluding hydrogens is 647 g/mol. The van der Waals surface area contributed by atoms with E-state index in [4.69, 9.17) is 14.4 Å². The minimum absolute atomic E-state index is 0.738. The van der Waals surface area contributed by atoms with E-state index in [2.05, 4.69) is 168 Å². The van der Waals surface area contributed by atoms with Gasteiger partial charge in [0.1, 0.15) is 11.3 Å². The number of hydrogen-bond donors (Lipinski definition) is 0. The van der Waals surface area contributed by atoms with Gasteiger partial charge in [-0.25, -0.2) is 9.97 Å². The number of para-hydroxylation sites is 1. The molecule has 246 valence electrons. The third kappa shape index (κ3) is 4.00. The number of rotatable bonds is 3. The Hall–Kier alpha value is -7.04. The molecule has 0 radical (unpaired) electrons. The second-order valence-electron chi connectivity index (χ2n) is 14.1. The number of aromatic nitrogens is 3. The Morgan fingerprint density at radius 3 is 2.06 bits per heavy atom. The van der Waals surface area contributed by atoms with Gasteiger partial charge in [0, 0.05) is 44.5 Å². The summed E-state index contributed by atoms with van der Waals surface area (Å²) in [7, 11) is 0.